The van der Waals surface area contributed by atoms with Crippen molar-refractivity contribution in [3.63, 3.8) is 0 Å². The second-order valence-electron chi connectivity index (χ2n) is 8.10. The summed E-state index contributed by atoms with van der Waals surface area (Å²) in [6.45, 7) is 4.39. The number of anilines is 1. The fraction of sp³-hybridized carbons (Fsp3) is 0.542. The van der Waals surface area contributed by atoms with Gasteiger partial charge in [-0.3, -0.25) is 14.3 Å². The van der Waals surface area contributed by atoms with E-state index in [4.69, 9.17) is 19.9 Å². The number of aromatic nitrogens is 4. The molecule has 0 bridgehead atoms. The molecule has 3 N–H and O–H groups in total. The molecular formula is C24H35N5O4. The van der Waals surface area contributed by atoms with E-state index < -0.39 is 0 Å². The van der Waals surface area contributed by atoms with E-state index in [1.54, 1.807) is 4.57 Å². The highest BCUT2D eigenvalue weighted by atomic mass is 16.6. The molecule has 0 spiro atoms. The molecule has 0 saturated heterocycles. The predicted octanol–water partition coefficient (Wildman–Crippen LogP) is 3.64. The number of hydrogen-bond donors (Lipinski definition) is 2. The van der Waals surface area contributed by atoms with Gasteiger partial charge in [-0.25, -0.2) is 4.98 Å². The van der Waals surface area contributed by atoms with Gasteiger partial charge in [-0.2, -0.15) is 4.98 Å². The zero-order valence-corrected chi connectivity index (χ0v) is 19.4. The molecule has 9 heteroatoms. The Morgan fingerprint density at radius 2 is 1.82 bits per heavy atom. The molecule has 0 aliphatic carbocycles. The second-order valence-corrected chi connectivity index (χ2v) is 8.10. The number of benzene rings is 1. The number of aromatic amines is 1. The molecule has 0 amide bonds. The van der Waals surface area contributed by atoms with Crippen LogP contribution in [0.25, 0.3) is 11.2 Å². The van der Waals surface area contributed by atoms with Crippen LogP contribution >= 0.6 is 0 Å². The van der Waals surface area contributed by atoms with Crippen LogP contribution in [0.5, 0.6) is 0 Å². The van der Waals surface area contributed by atoms with E-state index in [9.17, 15) is 4.79 Å². The van der Waals surface area contributed by atoms with Crippen LogP contribution in [0, 0.1) is 0 Å². The number of imidazole rings is 1. The van der Waals surface area contributed by atoms with Crippen LogP contribution in [0.1, 0.15) is 51.0 Å². The minimum atomic E-state index is -0.374. The highest BCUT2D eigenvalue weighted by Crippen LogP contribution is 2.10. The number of fused-ring (bicyclic) bond motifs is 1. The summed E-state index contributed by atoms with van der Waals surface area (Å²) in [6.07, 6.45) is 8.55. The van der Waals surface area contributed by atoms with Gasteiger partial charge in [-0.1, -0.05) is 69.4 Å². The summed E-state index contributed by atoms with van der Waals surface area (Å²) < 4.78 is 19.5. The molecule has 1 unspecified atom stereocenters. The number of H-pyrrole nitrogens is 1. The molecule has 1 atom stereocenters. The molecule has 33 heavy (non-hydrogen) atoms. The lowest BCUT2D eigenvalue weighted by atomic mass is 10.1. The normalized spacial score (nSPS) is 12.4. The summed E-state index contributed by atoms with van der Waals surface area (Å²) in [4.78, 5) is 22.7. The van der Waals surface area contributed by atoms with Crippen molar-refractivity contribution in [2.24, 2.45) is 0 Å². The van der Waals surface area contributed by atoms with Crippen LogP contribution in [0.2, 0.25) is 0 Å². The Labute approximate surface area is 194 Å². The van der Waals surface area contributed by atoms with E-state index in [0.717, 1.165) is 12.0 Å². The molecule has 0 fully saturated rings. The van der Waals surface area contributed by atoms with Gasteiger partial charge < -0.3 is 19.9 Å². The molecule has 0 aliphatic heterocycles. The number of nitrogens with zero attached hydrogens (tertiary/aromatic N) is 3. The Bertz CT molecular complexity index is 1010. The summed E-state index contributed by atoms with van der Waals surface area (Å²) in [6, 6.07) is 10.0. The third-order valence-corrected chi connectivity index (χ3v) is 5.30. The van der Waals surface area contributed by atoms with Gasteiger partial charge in [0.05, 0.1) is 26.1 Å². The highest BCUT2D eigenvalue weighted by Gasteiger charge is 2.14. The smallest absolute Gasteiger partial charge is 0.280 e. The van der Waals surface area contributed by atoms with Crippen LogP contribution in [0.4, 0.5) is 5.95 Å². The largest absolute Gasteiger partial charge is 0.379 e. The van der Waals surface area contributed by atoms with E-state index in [0.29, 0.717) is 32.1 Å². The molecule has 9 nitrogen and oxygen atoms in total. The van der Waals surface area contributed by atoms with Crippen molar-refractivity contribution in [3.8, 4) is 0 Å². The van der Waals surface area contributed by atoms with Crippen LogP contribution in [0.15, 0.2) is 41.5 Å². The van der Waals surface area contributed by atoms with Gasteiger partial charge in [0.1, 0.15) is 12.8 Å². The molecule has 180 valence electrons. The first-order chi connectivity index (χ1) is 16.2. The minimum absolute atomic E-state index is 0.0410. The molecule has 0 radical (unpaired) electrons. The fourth-order valence-electron chi connectivity index (χ4n) is 3.48. The first-order valence-corrected chi connectivity index (χ1v) is 11.7. The summed E-state index contributed by atoms with van der Waals surface area (Å²) in [5, 5.41) is 0. The maximum Gasteiger partial charge on any atom is 0.280 e. The number of nitrogens with two attached hydrogens (primary N) is 1. The molecular weight excluding hydrogens is 422 g/mol. The quantitative estimate of drug-likeness (QED) is 0.315. The lowest BCUT2D eigenvalue weighted by molar-refractivity contribution is -0.0842. The molecule has 0 saturated carbocycles. The van der Waals surface area contributed by atoms with Crippen molar-refractivity contribution in [2.75, 3.05) is 25.6 Å². The van der Waals surface area contributed by atoms with E-state index in [-0.39, 0.29) is 29.9 Å². The molecule has 2 heterocycles. The van der Waals surface area contributed by atoms with Gasteiger partial charge in [0.25, 0.3) is 5.56 Å². The maximum absolute atomic E-state index is 12.0. The Morgan fingerprint density at radius 3 is 2.64 bits per heavy atom. The number of rotatable bonds is 16. The van der Waals surface area contributed by atoms with Gasteiger partial charge in [0.2, 0.25) is 5.95 Å². The second kappa shape index (κ2) is 13.7. The number of unbranched alkanes of at least 4 members (excludes halogenated alkanes) is 5. The molecule has 1 aromatic carbocycles. The van der Waals surface area contributed by atoms with Crippen molar-refractivity contribution < 1.29 is 14.2 Å². The van der Waals surface area contributed by atoms with Gasteiger partial charge in [0.15, 0.2) is 11.2 Å². The number of nitrogens with one attached hydrogen (secondary N) is 1. The topological polar surface area (TPSA) is 117 Å². The number of hydrogen-bond acceptors (Lipinski definition) is 7. The summed E-state index contributed by atoms with van der Waals surface area (Å²) >= 11 is 0. The van der Waals surface area contributed by atoms with E-state index in [1.165, 1.54) is 38.4 Å². The van der Waals surface area contributed by atoms with Crippen LogP contribution < -0.4 is 11.3 Å². The predicted molar refractivity (Wildman–Crippen MR) is 128 cm³/mol. The average molecular weight is 458 g/mol. The maximum atomic E-state index is 12.0. The zero-order chi connectivity index (χ0) is 23.3. The SMILES string of the molecule is CCCCCCCCOCC(COCc1ccccc1)OCn1cnc2c(=O)[nH]c(N)nc21. The van der Waals surface area contributed by atoms with Crippen molar-refractivity contribution in [3.05, 3.63) is 52.6 Å². The third-order valence-electron chi connectivity index (χ3n) is 5.30. The average Bonchev–Trinajstić information content (AvgIpc) is 3.22. The molecule has 3 rings (SSSR count). The van der Waals surface area contributed by atoms with E-state index >= 15 is 0 Å². The first-order valence-electron chi connectivity index (χ1n) is 11.7. The molecule has 2 aromatic heterocycles. The number of ether oxygens (including phenoxy) is 3. The van der Waals surface area contributed by atoms with Crippen molar-refractivity contribution in [1.29, 1.82) is 0 Å². The molecule has 0 aliphatic rings. The van der Waals surface area contributed by atoms with Crippen LogP contribution in [-0.4, -0.2) is 45.4 Å². The van der Waals surface area contributed by atoms with Crippen LogP contribution in [-0.2, 0) is 27.5 Å². The fourth-order valence-corrected chi connectivity index (χ4v) is 3.48. The lowest BCUT2D eigenvalue weighted by Gasteiger charge is -2.19. The Morgan fingerprint density at radius 1 is 1.06 bits per heavy atom. The van der Waals surface area contributed by atoms with E-state index in [1.807, 2.05) is 30.3 Å². The Kier molecular flexibility index (Phi) is 10.3. The van der Waals surface area contributed by atoms with E-state index in [2.05, 4.69) is 21.9 Å². The zero-order valence-electron chi connectivity index (χ0n) is 19.4. The summed E-state index contributed by atoms with van der Waals surface area (Å²) in [7, 11) is 0. The Hall–Kier alpha value is -2.75. The standard InChI is InChI=1S/C24H35N5O4/c1-2-3-4-5-6-10-13-31-15-20(16-32-14-19-11-8-7-9-12-19)33-18-29-17-26-21-22(29)27-24(25)28-23(21)30/h7-9,11-12,17,20H,2-6,10,13-16,18H2,1H3,(H3,25,27,28,30). The molecule has 3 aromatic rings. The summed E-state index contributed by atoms with van der Waals surface area (Å²) in [5.74, 6) is 0.0410. The number of nitrogen functional groups attached to an aromatic ring is 1. The van der Waals surface area contributed by atoms with Gasteiger partial charge >= 0.3 is 0 Å². The Balaban J connectivity index is 1.50. The van der Waals surface area contributed by atoms with Crippen molar-refractivity contribution in [2.45, 2.75) is 64.9 Å². The highest BCUT2D eigenvalue weighted by molar-refractivity contribution is 5.70. The first kappa shape index (κ1) is 24.9. The lowest BCUT2D eigenvalue weighted by Crippen LogP contribution is -2.27. The van der Waals surface area contributed by atoms with Gasteiger partial charge in [-0.15, -0.1) is 0 Å². The summed E-state index contributed by atoms with van der Waals surface area (Å²) in [5.41, 5.74) is 7.01. The third kappa shape index (κ3) is 8.27. The monoisotopic (exact) mass is 457 g/mol. The van der Waals surface area contributed by atoms with Gasteiger partial charge in [0, 0.05) is 6.61 Å². The minimum Gasteiger partial charge on any atom is -0.379 e. The van der Waals surface area contributed by atoms with Crippen molar-refractivity contribution >= 4 is 17.1 Å². The van der Waals surface area contributed by atoms with Crippen molar-refractivity contribution in [1.82, 2.24) is 19.5 Å². The van der Waals surface area contributed by atoms with Crippen LogP contribution in [0.3, 0.4) is 0 Å². The van der Waals surface area contributed by atoms with Gasteiger partial charge in [-0.05, 0) is 12.0 Å².